The molecule has 0 amide bonds. The van der Waals surface area contributed by atoms with E-state index in [9.17, 15) is 0 Å². The van der Waals surface area contributed by atoms with Crippen LogP contribution in [-0.2, 0) is 0 Å². The molecule has 0 saturated carbocycles. The van der Waals surface area contributed by atoms with E-state index in [1.807, 2.05) is 12.4 Å². The summed E-state index contributed by atoms with van der Waals surface area (Å²) in [4.78, 5) is 8.29. The third-order valence-electron chi connectivity index (χ3n) is 3.43. The van der Waals surface area contributed by atoms with Crippen LogP contribution in [0.3, 0.4) is 0 Å². The molecule has 2 rings (SSSR count). The second kappa shape index (κ2) is 7.00. The Morgan fingerprint density at radius 3 is 2.26 bits per heavy atom. The van der Waals surface area contributed by atoms with Gasteiger partial charge in [-0.2, -0.15) is 0 Å². The molecule has 0 radical (unpaired) electrons. The van der Waals surface area contributed by atoms with Crippen molar-refractivity contribution in [1.29, 1.82) is 0 Å². The van der Waals surface area contributed by atoms with Gasteiger partial charge in [0.1, 0.15) is 6.33 Å². The maximum absolute atomic E-state index is 4.15. The van der Waals surface area contributed by atoms with Gasteiger partial charge in [-0.3, -0.25) is 0 Å². The van der Waals surface area contributed by atoms with E-state index in [1.165, 1.54) is 5.56 Å². The molecule has 2 aromatic rings. The van der Waals surface area contributed by atoms with Crippen molar-refractivity contribution in [2.24, 2.45) is 0 Å². The highest BCUT2D eigenvalue weighted by Gasteiger charge is 2.22. The van der Waals surface area contributed by atoms with E-state index in [0.29, 0.717) is 5.92 Å². The van der Waals surface area contributed by atoms with Gasteiger partial charge < -0.3 is 5.32 Å². The lowest BCUT2D eigenvalue weighted by molar-refractivity contribution is 0.443. The quantitative estimate of drug-likeness (QED) is 0.860. The minimum absolute atomic E-state index is 0.263. The fourth-order valence-corrected chi connectivity index (χ4v) is 2.55. The SMILES string of the molecule is CCNC(c1cncnc1)C(CC)c1ccccc1. The highest BCUT2D eigenvalue weighted by molar-refractivity contribution is 5.25. The third-order valence-corrected chi connectivity index (χ3v) is 3.43. The maximum Gasteiger partial charge on any atom is 0.115 e. The van der Waals surface area contributed by atoms with Gasteiger partial charge >= 0.3 is 0 Å². The maximum atomic E-state index is 4.15. The smallest absolute Gasteiger partial charge is 0.115 e. The normalized spacial score (nSPS) is 14.0. The second-order valence-corrected chi connectivity index (χ2v) is 4.63. The summed E-state index contributed by atoms with van der Waals surface area (Å²) in [5.41, 5.74) is 2.51. The van der Waals surface area contributed by atoms with E-state index in [0.717, 1.165) is 18.5 Å². The lowest BCUT2D eigenvalue weighted by Crippen LogP contribution is -2.27. The lowest BCUT2D eigenvalue weighted by atomic mass is 9.86. The first-order valence-electron chi connectivity index (χ1n) is 6.90. The number of nitrogens with zero attached hydrogens (tertiary/aromatic N) is 2. The fraction of sp³-hybridized carbons (Fsp3) is 0.375. The van der Waals surface area contributed by atoms with Crippen LogP contribution in [0.15, 0.2) is 49.1 Å². The lowest BCUT2D eigenvalue weighted by Gasteiger charge is -2.27. The second-order valence-electron chi connectivity index (χ2n) is 4.63. The zero-order valence-electron chi connectivity index (χ0n) is 11.6. The van der Waals surface area contributed by atoms with E-state index >= 15 is 0 Å². The topological polar surface area (TPSA) is 37.8 Å². The Hall–Kier alpha value is -1.74. The van der Waals surface area contributed by atoms with Crippen LogP contribution in [-0.4, -0.2) is 16.5 Å². The predicted octanol–water partition coefficient (Wildman–Crippen LogP) is 3.32. The highest BCUT2D eigenvalue weighted by Crippen LogP contribution is 2.32. The molecule has 0 aliphatic heterocycles. The van der Waals surface area contributed by atoms with Gasteiger partial charge in [-0.1, -0.05) is 44.2 Å². The average molecular weight is 255 g/mol. The number of nitrogens with one attached hydrogen (secondary N) is 1. The molecular formula is C16H21N3. The Morgan fingerprint density at radius 2 is 1.68 bits per heavy atom. The molecule has 100 valence electrons. The summed E-state index contributed by atoms with van der Waals surface area (Å²) in [6, 6.07) is 10.9. The van der Waals surface area contributed by atoms with Crippen molar-refractivity contribution in [3.63, 3.8) is 0 Å². The number of rotatable bonds is 6. The Balaban J connectivity index is 2.31. The van der Waals surface area contributed by atoms with Crippen molar-refractivity contribution < 1.29 is 0 Å². The minimum atomic E-state index is 0.263. The van der Waals surface area contributed by atoms with Crippen LogP contribution in [0.2, 0.25) is 0 Å². The molecule has 1 aromatic heterocycles. The molecule has 19 heavy (non-hydrogen) atoms. The van der Waals surface area contributed by atoms with E-state index < -0.39 is 0 Å². The molecule has 1 N–H and O–H groups in total. The first-order valence-corrected chi connectivity index (χ1v) is 6.90. The molecule has 0 bridgehead atoms. The Bertz CT molecular complexity index is 470. The van der Waals surface area contributed by atoms with Crippen molar-refractivity contribution >= 4 is 0 Å². The van der Waals surface area contributed by atoms with E-state index in [2.05, 4.69) is 59.5 Å². The molecule has 1 aromatic carbocycles. The van der Waals surface area contributed by atoms with Crippen molar-refractivity contribution in [2.75, 3.05) is 6.54 Å². The molecule has 0 fully saturated rings. The largest absolute Gasteiger partial charge is 0.310 e. The van der Waals surface area contributed by atoms with Gasteiger partial charge in [0.15, 0.2) is 0 Å². The first kappa shape index (κ1) is 13.7. The van der Waals surface area contributed by atoms with Gasteiger partial charge in [0.25, 0.3) is 0 Å². The van der Waals surface area contributed by atoms with Crippen molar-refractivity contribution in [2.45, 2.75) is 32.2 Å². The molecule has 3 nitrogen and oxygen atoms in total. The molecular weight excluding hydrogens is 234 g/mol. The molecule has 2 unspecified atom stereocenters. The summed E-state index contributed by atoms with van der Waals surface area (Å²) in [6.07, 6.45) is 6.48. The van der Waals surface area contributed by atoms with Crippen LogP contribution < -0.4 is 5.32 Å². The van der Waals surface area contributed by atoms with Gasteiger partial charge in [0, 0.05) is 29.9 Å². The number of aromatic nitrogens is 2. The number of likely N-dealkylation sites (N-methyl/N-ethyl adjacent to an activating group) is 1. The van der Waals surface area contributed by atoms with Crippen LogP contribution in [0.5, 0.6) is 0 Å². The van der Waals surface area contributed by atoms with Crippen LogP contribution in [0.25, 0.3) is 0 Å². The van der Waals surface area contributed by atoms with Crippen LogP contribution >= 0.6 is 0 Å². The number of hydrogen-bond acceptors (Lipinski definition) is 3. The summed E-state index contributed by atoms with van der Waals surface area (Å²) < 4.78 is 0. The molecule has 1 heterocycles. The van der Waals surface area contributed by atoms with Gasteiger partial charge in [0.2, 0.25) is 0 Å². The monoisotopic (exact) mass is 255 g/mol. The van der Waals surface area contributed by atoms with Gasteiger partial charge in [-0.05, 0) is 18.5 Å². The standard InChI is InChI=1S/C16H21N3/c1-3-15(13-8-6-5-7-9-13)16(19-4-2)14-10-17-12-18-11-14/h5-12,15-16,19H,3-4H2,1-2H3. The third kappa shape index (κ3) is 3.38. The Kier molecular flexibility index (Phi) is 5.04. The van der Waals surface area contributed by atoms with Gasteiger partial charge in [-0.25, -0.2) is 9.97 Å². The molecule has 0 aliphatic carbocycles. The molecule has 3 heteroatoms. The summed E-state index contributed by atoms with van der Waals surface area (Å²) in [5.74, 6) is 0.437. The number of benzene rings is 1. The molecule has 0 aliphatic rings. The highest BCUT2D eigenvalue weighted by atomic mass is 14.9. The van der Waals surface area contributed by atoms with Crippen LogP contribution in [0.1, 0.15) is 43.4 Å². The minimum Gasteiger partial charge on any atom is -0.310 e. The summed E-state index contributed by atoms with van der Waals surface area (Å²) in [6.45, 7) is 5.29. The summed E-state index contributed by atoms with van der Waals surface area (Å²) in [5, 5.41) is 3.57. The van der Waals surface area contributed by atoms with Crippen molar-refractivity contribution in [3.05, 3.63) is 60.2 Å². The van der Waals surface area contributed by atoms with Crippen molar-refractivity contribution in [1.82, 2.24) is 15.3 Å². The van der Waals surface area contributed by atoms with Crippen molar-refractivity contribution in [3.8, 4) is 0 Å². The summed E-state index contributed by atoms with van der Waals surface area (Å²) in [7, 11) is 0. The van der Waals surface area contributed by atoms with Crippen LogP contribution in [0, 0.1) is 0 Å². The fourth-order valence-electron chi connectivity index (χ4n) is 2.55. The van der Waals surface area contributed by atoms with E-state index in [1.54, 1.807) is 6.33 Å². The average Bonchev–Trinajstić information content (AvgIpc) is 2.49. The first-order chi connectivity index (χ1) is 9.36. The predicted molar refractivity (Wildman–Crippen MR) is 77.9 cm³/mol. The Morgan fingerprint density at radius 1 is 1.00 bits per heavy atom. The number of hydrogen-bond donors (Lipinski definition) is 1. The molecule has 0 spiro atoms. The molecule has 2 atom stereocenters. The Labute approximate surface area is 115 Å². The van der Waals surface area contributed by atoms with Crippen LogP contribution in [0.4, 0.5) is 0 Å². The zero-order valence-corrected chi connectivity index (χ0v) is 11.6. The van der Waals surface area contributed by atoms with Gasteiger partial charge in [0.05, 0.1) is 0 Å². The molecule has 0 saturated heterocycles. The van der Waals surface area contributed by atoms with Gasteiger partial charge in [-0.15, -0.1) is 0 Å². The summed E-state index contributed by atoms with van der Waals surface area (Å²) >= 11 is 0. The van der Waals surface area contributed by atoms with E-state index in [4.69, 9.17) is 0 Å². The zero-order chi connectivity index (χ0) is 13.5. The van der Waals surface area contributed by atoms with E-state index in [-0.39, 0.29) is 6.04 Å².